The van der Waals surface area contributed by atoms with Gasteiger partial charge in [-0.15, -0.1) is 0 Å². The second-order valence-corrected chi connectivity index (χ2v) is 4.84. The zero-order valence-electron chi connectivity index (χ0n) is 13.0. The number of methoxy groups -OCH3 is 1. The lowest BCUT2D eigenvalue weighted by atomic mass is 10.00. The molecule has 20 heavy (non-hydrogen) atoms. The van der Waals surface area contributed by atoms with Gasteiger partial charge in [-0.2, -0.15) is 0 Å². The van der Waals surface area contributed by atoms with E-state index in [2.05, 4.69) is 6.07 Å². The fourth-order valence-electron chi connectivity index (χ4n) is 2.59. The van der Waals surface area contributed by atoms with Gasteiger partial charge in [-0.25, -0.2) is 0 Å². The van der Waals surface area contributed by atoms with Crippen molar-refractivity contribution in [3.05, 3.63) is 40.5 Å². The lowest BCUT2D eigenvalue weighted by molar-refractivity contribution is -0.114. The highest BCUT2D eigenvalue weighted by Gasteiger charge is 2.18. The smallest absolute Gasteiger partial charge is 0.244 e. The molecule has 110 valence electrons. The Kier molecular flexibility index (Phi) is 6.29. The topological polar surface area (TPSA) is 52.3 Å². The van der Waals surface area contributed by atoms with Gasteiger partial charge in [0.1, 0.15) is 5.75 Å². The molecule has 0 fully saturated rings. The van der Waals surface area contributed by atoms with E-state index < -0.39 is 0 Å². The Morgan fingerprint density at radius 2 is 1.95 bits per heavy atom. The molecule has 1 aliphatic carbocycles. The summed E-state index contributed by atoms with van der Waals surface area (Å²) in [5.74, 6) is 0.603. The number of rotatable bonds is 4. The Morgan fingerprint density at radius 1 is 1.25 bits per heavy atom. The van der Waals surface area contributed by atoms with E-state index in [0.29, 0.717) is 0 Å². The van der Waals surface area contributed by atoms with Crippen LogP contribution in [-0.4, -0.2) is 13.0 Å². The molecular formula is C17H25NO2. The monoisotopic (exact) mass is 275 g/mol. The third-order valence-electron chi connectivity index (χ3n) is 3.39. The quantitative estimate of drug-likeness (QED) is 0.913. The number of ether oxygens (including phenoxy) is 1. The molecule has 1 aromatic carbocycles. The summed E-state index contributed by atoms with van der Waals surface area (Å²) in [5, 5.41) is 0. The van der Waals surface area contributed by atoms with Crippen molar-refractivity contribution < 1.29 is 9.53 Å². The minimum absolute atomic E-state index is 0.262. The molecule has 0 aliphatic heterocycles. The Morgan fingerprint density at radius 3 is 2.55 bits per heavy atom. The van der Waals surface area contributed by atoms with Crippen LogP contribution >= 0.6 is 0 Å². The van der Waals surface area contributed by atoms with Gasteiger partial charge in [0.2, 0.25) is 5.91 Å². The number of allylic oxidation sites excluding steroid dienone is 1. The normalized spacial score (nSPS) is 13.8. The van der Waals surface area contributed by atoms with Crippen molar-refractivity contribution in [1.82, 2.24) is 0 Å². The van der Waals surface area contributed by atoms with Gasteiger partial charge in [0.15, 0.2) is 0 Å². The lowest BCUT2D eigenvalue weighted by Crippen LogP contribution is -2.14. The molecule has 0 radical (unpaired) electrons. The third kappa shape index (κ3) is 4.12. The minimum atomic E-state index is -0.262. The average Bonchev–Trinajstić information content (AvgIpc) is 2.88. The van der Waals surface area contributed by atoms with Gasteiger partial charge in [0, 0.05) is 5.57 Å². The van der Waals surface area contributed by atoms with Crippen LogP contribution in [0.15, 0.2) is 29.3 Å². The Labute approximate surface area is 121 Å². The predicted molar refractivity (Wildman–Crippen MR) is 82.9 cm³/mol. The maximum Gasteiger partial charge on any atom is 0.244 e. The van der Waals surface area contributed by atoms with Gasteiger partial charge in [-0.1, -0.05) is 25.5 Å². The van der Waals surface area contributed by atoms with Crippen molar-refractivity contribution in [1.29, 1.82) is 0 Å². The number of carbonyl (C=O) groups excluding carboxylic acids is 1. The second-order valence-electron chi connectivity index (χ2n) is 4.84. The number of hydrogen-bond acceptors (Lipinski definition) is 2. The lowest BCUT2D eigenvalue weighted by Gasteiger charge is -2.09. The molecule has 0 spiro atoms. The van der Waals surface area contributed by atoms with Crippen LogP contribution in [0.5, 0.6) is 5.75 Å². The van der Waals surface area contributed by atoms with Crippen LogP contribution in [-0.2, 0) is 11.2 Å². The van der Waals surface area contributed by atoms with E-state index in [4.69, 9.17) is 10.5 Å². The number of carbonyl (C=O) groups is 1. The molecule has 0 aromatic heterocycles. The van der Waals surface area contributed by atoms with Crippen molar-refractivity contribution in [3.63, 3.8) is 0 Å². The first-order valence-corrected chi connectivity index (χ1v) is 7.25. The first kappa shape index (κ1) is 16.3. The van der Waals surface area contributed by atoms with Crippen LogP contribution in [0.2, 0.25) is 0 Å². The SMILES string of the molecule is CC.COc1cc(C)cc(CC2=C(C(N)=O)CCC2)c1. The van der Waals surface area contributed by atoms with E-state index in [9.17, 15) is 4.79 Å². The molecule has 3 heteroatoms. The molecule has 1 aliphatic rings. The van der Waals surface area contributed by atoms with Gasteiger partial charge >= 0.3 is 0 Å². The summed E-state index contributed by atoms with van der Waals surface area (Å²) in [7, 11) is 1.67. The number of benzene rings is 1. The maximum absolute atomic E-state index is 11.3. The van der Waals surface area contributed by atoms with Crippen molar-refractivity contribution >= 4 is 5.91 Å². The molecule has 2 rings (SSSR count). The molecule has 2 N–H and O–H groups in total. The van der Waals surface area contributed by atoms with E-state index >= 15 is 0 Å². The van der Waals surface area contributed by atoms with Gasteiger partial charge < -0.3 is 10.5 Å². The molecular weight excluding hydrogens is 250 g/mol. The Hall–Kier alpha value is -1.77. The number of primary amides is 1. The molecule has 1 amide bonds. The molecule has 0 heterocycles. The van der Waals surface area contributed by atoms with Crippen LogP contribution in [0, 0.1) is 6.92 Å². The molecule has 0 bridgehead atoms. The Balaban J connectivity index is 0.000000956. The first-order chi connectivity index (χ1) is 9.60. The fourth-order valence-corrected chi connectivity index (χ4v) is 2.59. The minimum Gasteiger partial charge on any atom is -0.497 e. The standard InChI is InChI=1S/C15H19NO2.C2H6/c1-10-6-11(9-13(7-10)18-2)8-12-4-3-5-14(12)15(16)17;1-2/h6-7,9H,3-5,8H2,1-2H3,(H2,16,17);1-2H3. The summed E-state index contributed by atoms with van der Waals surface area (Å²) in [6.07, 6.45) is 3.65. The highest BCUT2D eigenvalue weighted by atomic mass is 16.5. The van der Waals surface area contributed by atoms with Gasteiger partial charge in [-0.05, 0) is 55.9 Å². The predicted octanol–water partition coefficient (Wildman–Crippen LogP) is 3.54. The molecule has 3 nitrogen and oxygen atoms in total. The molecule has 0 atom stereocenters. The zero-order chi connectivity index (χ0) is 15.1. The highest BCUT2D eigenvalue weighted by Crippen LogP contribution is 2.29. The summed E-state index contributed by atoms with van der Waals surface area (Å²) in [6.45, 7) is 6.05. The van der Waals surface area contributed by atoms with E-state index in [1.807, 2.05) is 32.9 Å². The van der Waals surface area contributed by atoms with E-state index in [1.54, 1.807) is 7.11 Å². The van der Waals surface area contributed by atoms with Gasteiger partial charge in [-0.3, -0.25) is 4.79 Å². The number of aryl methyl sites for hydroxylation is 1. The van der Waals surface area contributed by atoms with Crippen LogP contribution in [0.1, 0.15) is 44.2 Å². The Bertz CT molecular complexity index is 504. The fraction of sp³-hybridized carbons (Fsp3) is 0.471. The maximum atomic E-state index is 11.3. The van der Waals surface area contributed by atoms with Crippen molar-refractivity contribution in [3.8, 4) is 5.75 Å². The van der Waals surface area contributed by atoms with Gasteiger partial charge in [0.25, 0.3) is 0 Å². The van der Waals surface area contributed by atoms with Crippen LogP contribution < -0.4 is 10.5 Å². The summed E-state index contributed by atoms with van der Waals surface area (Å²) in [5.41, 5.74) is 9.78. The second kappa shape index (κ2) is 7.73. The van der Waals surface area contributed by atoms with Gasteiger partial charge in [0.05, 0.1) is 7.11 Å². The van der Waals surface area contributed by atoms with Crippen LogP contribution in [0.3, 0.4) is 0 Å². The molecule has 0 saturated heterocycles. The summed E-state index contributed by atoms with van der Waals surface area (Å²) < 4.78 is 5.27. The van der Waals surface area contributed by atoms with Crippen LogP contribution in [0.25, 0.3) is 0 Å². The third-order valence-corrected chi connectivity index (χ3v) is 3.39. The number of amides is 1. The first-order valence-electron chi connectivity index (χ1n) is 7.25. The highest BCUT2D eigenvalue weighted by molar-refractivity contribution is 5.93. The number of hydrogen-bond donors (Lipinski definition) is 1. The van der Waals surface area contributed by atoms with E-state index in [-0.39, 0.29) is 5.91 Å². The summed E-state index contributed by atoms with van der Waals surface area (Å²) >= 11 is 0. The number of nitrogens with two attached hydrogens (primary N) is 1. The molecule has 1 aromatic rings. The zero-order valence-corrected chi connectivity index (χ0v) is 13.0. The molecule has 0 unspecified atom stereocenters. The van der Waals surface area contributed by atoms with E-state index in [1.165, 1.54) is 16.7 Å². The molecule has 0 saturated carbocycles. The average molecular weight is 275 g/mol. The summed E-state index contributed by atoms with van der Waals surface area (Å²) in [6, 6.07) is 6.16. The van der Waals surface area contributed by atoms with Crippen LogP contribution in [0.4, 0.5) is 0 Å². The van der Waals surface area contributed by atoms with Crippen molar-refractivity contribution in [2.24, 2.45) is 5.73 Å². The van der Waals surface area contributed by atoms with E-state index in [0.717, 1.165) is 37.0 Å². The van der Waals surface area contributed by atoms with Crippen molar-refractivity contribution in [2.75, 3.05) is 7.11 Å². The summed E-state index contributed by atoms with van der Waals surface area (Å²) in [4.78, 5) is 11.3. The van der Waals surface area contributed by atoms with Crippen molar-refractivity contribution in [2.45, 2.75) is 46.5 Å². The largest absolute Gasteiger partial charge is 0.497 e.